The van der Waals surface area contributed by atoms with Crippen molar-refractivity contribution in [2.75, 3.05) is 24.8 Å². The molecular weight excluding hydrogens is 612 g/mol. The van der Waals surface area contributed by atoms with Crippen molar-refractivity contribution in [1.29, 1.82) is 0 Å². The van der Waals surface area contributed by atoms with E-state index < -0.39 is 34.1 Å². The fraction of sp³-hybridized carbons (Fsp3) is 0.192. The Morgan fingerprint density at radius 1 is 0.846 bits per heavy atom. The predicted octanol–water partition coefficient (Wildman–Crippen LogP) is 7.15. The van der Waals surface area contributed by atoms with E-state index in [1.54, 1.807) is 24.3 Å². The van der Waals surface area contributed by atoms with E-state index >= 15 is 0 Å². The van der Waals surface area contributed by atoms with Gasteiger partial charge in [0.2, 0.25) is 5.91 Å². The minimum Gasteiger partial charge on any atom is -0.493 e. The maximum absolute atomic E-state index is 13.1. The number of methoxy groups -OCH3 is 1. The van der Waals surface area contributed by atoms with Crippen LogP contribution < -0.4 is 25.4 Å². The highest BCUT2D eigenvalue weighted by molar-refractivity contribution is 6.53. The molecule has 0 spiro atoms. The second-order valence-electron chi connectivity index (χ2n) is 8.48. The monoisotopic (exact) mass is 629 g/mol. The van der Waals surface area contributed by atoms with E-state index in [9.17, 15) is 14.4 Å². The maximum Gasteiger partial charge on any atom is 0.412 e. The van der Waals surface area contributed by atoms with Gasteiger partial charge in [-0.1, -0.05) is 34.8 Å². The van der Waals surface area contributed by atoms with Crippen LogP contribution in [0.15, 0.2) is 54.6 Å². The fourth-order valence-corrected chi connectivity index (χ4v) is 5.58. The van der Waals surface area contributed by atoms with Crippen LogP contribution in [0.1, 0.15) is 21.8 Å². The molecule has 0 heterocycles. The Hall–Kier alpha value is -2.88. The summed E-state index contributed by atoms with van der Waals surface area (Å²) in [4.78, 5) is 37.8. The molecule has 13 heteroatoms. The zero-order valence-corrected chi connectivity index (χ0v) is 24.1. The average Bonchev–Trinajstić information content (AvgIpc) is 3.46. The maximum atomic E-state index is 13.1. The number of hydrogen-bond acceptors (Lipinski definition) is 5. The first-order valence-corrected chi connectivity index (χ1v) is 13.2. The molecule has 3 aromatic carbocycles. The number of carbonyl (C=O) groups excluding carboxylic acids is 3. The van der Waals surface area contributed by atoms with Gasteiger partial charge in [0.05, 0.1) is 23.6 Å². The van der Waals surface area contributed by atoms with E-state index in [1.807, 2.05) is 0 Å². The average molecular weight is 632 g/mol. The van der Waals surface area contributed by atoms with Gasteiger partial charge in [0, 0.05) is 40.5 Å². The normalized spacial score (nSPS) is 17.1. The number of nitrogens with one attached hydrogen (secondary N) is 3. The Balaban J connectivity index is 1.50. The van der Waals surface area contributed by atoms with Gasteiger partial charge in [0.25, 0.3) is 5.91 Å². The number of carbonyl (C=O) groups is 3. The number of halogens is 5. The fourth-order valence-electron chi connectivity index (χ4n) is 4.00. The number of amides is 3. The topological polar surface area (TPSA) is 106 Å². The van der Waals surface area contributed by atoms with E-state index in [0.717, 1.165) is 0 Å². The van der Waals surface area contributed by atoms with E-state index in [-0.39, 0.29) is 22.1 Å². The number of rotatable bonds is 7. The minimum atomic E-state index is -1.37. The van der Waals surface area contributed by atoms with Gasteiger partial charge >= 0.3 is 6.09 Å². The first-order valence-electron chi connectivity index (χ1n) is 11.3. The highest BCUT2D eigenvalue weighted by Crippen LogP contribution is 2.65. The Kier molecular flexibility index (Phi) is 8.73. The van der Waals surface area contributed by atoms with Gasteiger partial charge in [-0.05, 0) is 54.1 Å². The van der Waals surface area contributed by atoms with Crippen molar-refractivity contribution >= 4 is 87.3 Å². The third-order valence-electron chi connectivity index (χ3n) is 5.89. The Bertz CT molecular complexity index is 1450. The van der Waals surface area contributed by atoms with Crippen molar-refractivity contribution in [1.82, 2.24) is 5.32 Å². The molecule has 0 radical (unpaired) electrons. The summed E-state index contributed by atoms with van der Waals surface area (Å²) in [5, 5.41) is 8.67. The molecule has 0 aromatic heterocycles. The van der Waals surface area contributed by atoms with E-state index in [4.69, 9.17) is 67.5 Å². The first-order chi connectivity index (χ1) is 18.4. The Morgan fingerprint density at radius 2 is 1.49 bits per heavy atom. The van der Waals surface area contributed by atoms with Crippen LogP contribution in [0.2, 0.25) is 15.1 Å². The van der Waals surface area contributed by atoms with Gasteiger partial charge in [0.1, 0.15) is 4.33 Å². The van der Waals surface area contributed by atoms with Gasteiger partial charge in [-0.2, -0.15) is 0 Å². The zero-order valence-electron chi connectivity index (χ0n) is 20.3. The SMILES string of the molecule is CNC(=O)Oc1cc(NC(=O)c2cc(NC(=O)C3C(c4cc(Cl)cc(Cl)c4)C3(Cl)Cl)ccc2Cl)ccc1OC. The van der Waals surface area contributed by atoms with Gasteiger partial charge in [-0.15, -0.1) is 23.2 Å². The lowest BCUT2D eigenvalue weighted by molar-refractivity contribution is -0.117. The molecular formula is C26H20Cl5N3O5. The molecule has 1 fully saturated rings. The molecule has 3 N–H and O–H groups in total. The summed E-state index contributed by atoms with van der Waals surface area (Å²) >= 11 is 31.3. The quantitative estimate of drug-likeness (QED) is 0.240. The molecule has 2 unspecified atom stereocenters. The molecule has 0 aliphatic heterocycles. The van der Waals surface area contributed by atoms with Crippen LogP contribution in [-0.4, -0.2) is 36.4 Å². The zero-order chi connectivity index (χ0) is 28.5. The van der Waals surface area contributed by atoms with Gasteiger partial charge in [-0.25, -0.2) is 4.79 Å². The first kappa shape index (κ1) is 29.1. The summed E-state index contributed by atoms with van der Waals surface area (Å²) in [6, 6.07) is 13.8. The van der Waals surface area contributed by atoms with Crippen LogP contribution in [0, 0.1) is 5.92 Å². The van der Waals surface area contributed by atoms with E-state index in [1.165, 1.54) is 44.5 Å². The van der Waals surface area contributed by atoms with Crippen molar-refractivity contribution < 1.29 is 23.9 Å². The third-order valence-corrected chi connectivity index (χ3v) is 7.59. The summed E-state index contributed by atoms with van der Waals surface area (Å²) in [6.45, 7) is 0. The highest BCUT2D eigenvalue weighted by atomic mass is 35.5. The van der Waals surface area contributed by atoms with Crippen LogP contribution in [0.4, 0.5) is 16.2 Å². The number of benzene rings is 3. The second-order valence-corrected chi connectivity index (χ2v) is 11.2. The highest BCUT2D eigenvalue weighted by Gasteiger charge is 2.67. The van der Waals surface area contributed by atoms with E-state index in [2.05, 4.69) is 16.0 Å². The Labute approximate surface area is 248 Å². The summed E-state index contributed by atoms with van der Waals surface area (Å²) in [5.74, 6) is -1.98. The molecule has 0 saturated heterocycles. The van der Waals surface area contributed by atoms with Gasteiger partial charge in [-0.3, -0.25) is 9.59 Å². The van der Waals surface area contributed by atoms with Crippen molar-refractivity contribution in [3.63, 3.8) is 0 Å². The molecule has 4 rings (SSSR count). The number of anilines is 2. The van der Waals surface area contributed by atoms with Crippen molar-refractivity contribution in [3.8, 4) is 11.5 Å². The molecule has 0 bridgehead atoms. The van der Waals surface area contributed by atoms with Crippen LogP contribution in [0.3, 0.4) is 0 Å². The van der Waals surface area contributed by atoms with Crippen LogP contribution in [-0.2, 0) is 4.79 Å². The number of hydrogen-bond donors (Lipinski definition) is 3. The largest absolute Gasteiger partial charge is 0.493 e. The summed E-state index contributed by atoms with van der Waals surface area (Å²) in [7, 11) is 2.82. The molecule has 8 nitrogen and oxygen atoms in total. The van der Waals surface area contributed by atoms with Crippen LogP contribution >= 0.6 is 58.0 Å². The Morgan fingerprint density at radius 3 is 2.13 bits per heavy atom. The smallest absolute Gasteiger partial charge is 0.412 e. The molecule has 3 amide bonds. The van der Waals surface area contributed by atoms with Crippen molar-refractivity contribution in [2.24, 2.45) is 5.92 Å². The summed E-state index contributed by atoms with van der Waals surface area (Å²) in [5.41, 5.74) is 1.32. The molecule has 1 saturated carbocycles. The summed E-state index contributed by atoms with van der Waals surface area (Å²) in [6.07, 6.45) is -0.711. The predicted molar refractivity (Wildman–Crippen MR) is 153 cm³/mol. The second kappa shape index (κ2) is 11.7. The minimum absolute atomic E-state index is 0.0797. The van der Waals surface area contributed by atoms with Crippen LogP contribution in [0.5, 0.6) is 11.5 Å². The standard InChI is InChI=1S/C26H20Cl5N3O5/c1-32-25(37)39-20-11-16(4-6-19(20)38-2)33-23(35)17-10-15(3-5-18(17)29)34-24(36)22-21(26(22,30)31)12-7-13(27)9-14(28)8-12/h3-11,21-22H,1-2H3,(H,32,37)(H,33,35)(H,34,36). The third kappa shape index (κ3) is 6.48. The molecule has 3 aromatic rings. The number of ether oxygens (including phenoxy) is 2. The van der Waals surface area contributed by atoms with Crippen molar-refractivity contribution in [3.05, 3.63) is 80.8 Å². The van der Waals surface area contributed by atoms with Crippen molar-refractivity contribution in [2.45, 2.75) is 10.3 Å². The molecule has 204 valence electrons. The lowest BCUT2D eigenvalue weighted by Crippen LogP contribution is -2.22. The molecule has 2 atom stereocenters. The van der Waals surface area contributed by atoms with E-state index in [0.29, 0.717) is 27.0 Å². The molecule has 39 heavy (non-hydrogen) atoms. The van der Waals surface area contributed by atoms with Gasteiger partial charge in [0.15, 0.2) is 11.5 Å². The lowest BCUT2D eigenvalue weighted by Gasteiger charge is -2.13. The lowest BCUT2D eigenvalue weighted by atomic mass is 10.1. The molecule has 1 aliphatic carbocycles. The van der Waals surface area contributed by atoms with Gasteiger partial charge < -0.3 is 25.4 Å². The summed E-state index contributed by atoms with van der Waals surface area (Å²) < 4.78 is 8.98. The van der Waals surface area contributed by atoms with Crippen LogP contribution in [0.25, 0.3) is 0 Å². The molecule has 1 aliphatic rings. The number of alkyl halides is 2.